The van der Waals surface area contributed by atoms with Gasteiger partial charge in [0.15, 0.2) is 0 Å². The van der Waals surface area contributed by atoms with Crippen molar-refractivity contribution in [3.05, 3.63) is 59.2 Å². The molecule has 4 heteroatoms. The highest BCUT2D eigenvalue weighted by Gasteiger charge is 2.11. The Morgan fingerprint density at radius 1 is 1.17 bits per heavy atom. The van der Waals surface area contributed by atoms with Gasteiger partial charge in [-0.15, -0.1) is 0 Å². The smallest absolute Gasteiger partial charge is 0.238 e. The Morgan fingerprint density at radius 3 is 2.50 bits per heavy atom. The van der Waals surface area contributed by atoms with Crippen LogP contribution >= 0.6 is 0 Å². The number of methoxy groups -OCH3 is 1. The third-order valence-corrected chi connectivity index (χ3v) is 4.03. The standard InChI is InChI=1S/C20H26N2O2/c1-5-17-8-6-7-15(2)20(17)21-19(23)14-22(3)13-16-9-11-18(24-4)12-10-16/h6-12H,5,13-14H2,1-4H3,(H,21,23). The third kappa shape index (κ3) is 4.83. The molecule has 4 nitrogen and oxygen atoms in total. The lowest BCUT2D eigenvalue weighted by atomic mass is 10.1. The summed E-state index contributed by atoms with van der Waals surface area (Å²) in [5.41, 5.74) is 4.36. The Hall–Kier alpha value is -2.33. The SMILES string of the molecule is CCc1cccc(C)c1NC(=O)CN(C)Cc1ccc(OC)cc1. The molecule has 0 radical (unpaired) electrons. The molecule has 2 aromatic rings. The molecule has 0 saturated carbocycles. The number of carbonyl (C=O) groups excluding carboxylic acids is 1. The molecule has 1 N–H and O–H groups in total. The van der Waals surface area contributed by atoms with Gasteiger partial charge >= 0.3 is 0 Å². The number of hydrogen-bond acceptors (Lipinski definition) is 3. The van der Waals surface area contributed by atoms with Crippen molar-refractivity contribution in [1.29, 1.82) is 0 Å². The number of aryl methyl sites for hydroxylation is 2. The van der Waals surface area contributed by atoms with Crippen molar-refractivity contribution < 1.29 is 9.53 Å². The van der Waals surface area contributed by atoms with Gasteiger partial charge in [-0.3, -0.25) is 9.69 Å². The second-order valence-corrected chi connectivity index (χ2v) is 6.03. The molecule has 0 heterocycles. The minimum atomic E-state index is 0.00927. The highest BCUT2D eigenvalue weighted by molar-refractivity contribution is 5.93. The van der Waals surface area contributed by atoms with Gasteiger partial charge < -0.3 is 10.1 Å². The van der Waals surface area contributed by atoms with Crippen molar-refractivity contribution in [3.63, 3.8) is 0 Å². The van der Waals surface area contributed by atoms with Gasteiger partial charge in [0.25, 0.3) is 0 Å². The summed E-state index contributed by atoms with van der Waals surface area (Å²) in [6, 6.07) is 14.0. The molecule has 128 valence electrons. The average Bonchev–Trinajstić information content (AvgIpc) is 2.57. The molecule has 0 spiro atoms. The number of benzene rings is 2. The van der Waals surface area contributed by atoms with Crippen LogP contribution in [0.5, 0.6) is 5.75 Å². The molecule has 0 fully saturated rings. The molecule has 0 aliphatic carbocycles. The number of rotatable bonds is 7. The number of ether oxygens (including phenoxy) is 1. The zero-order valence-electron chi connectivity index (χ0n) is 14.9. The monoisotopic (exact) mass is 326 g/mol. The zero-order valence-corrected chi connectivity index (χ0v) is 14.9. The molecule has 0 aliphatic rings. The Morgan fingerprint density at radius 2 is 1.88 bits per heavy atom. The predicted octanol–water partition coefficient (Wildman–Crippen LogP) is 3.64. The van der Waals surface area contributed by atoms with Gasteiger partial charge in [0, 0.05) is 12.2 Å². The molecule has 0 aromatic heterocycles. The molecule has 2 rings (SSSR count). The Bertz CT molecular complexity index is 681. The van der Waals surface area contributed by atoms with E-state index in [1.807, 2.05) is 55.3 Å². The van der Waals surface area contributed by atoms with Gasteiger partial charge in [0.1, 0.15) is 5.75 Å². The van der Waals surface area contributed by atoms with Crippen LogP contribution in [0, 0.1) is 6.92 Å². The van der Waals surface area contributed by atoms with E-state index in [1.165, 1.54) is 5.56 Å². The van der Waals surface area contributed by atoms with Crippen LogP contribution in [0.3, 0.4) is 0 Å². The van der Waals surface area contributed by atoms with Crippen molar-refractivity contribution in [2.75, 3.05) is 26.0 Å². The van der Waals surface area contributed by atoms with Crippen LogP contribution in [0.2, 0.25) is 0 Å². The van der Waals surface area contributed by atoms with Crippen LogP contribution in [0.4, 0.5) is 5.69 Å². The summed E-state index contributed by atoms with van der Waals surface area (Å²) in [4.78, 5) is 14.4. The van der Waals surface area contributed by atoms with E-state index >= 15 is 0 Å². The summed E-state index contributed by atoms with van der Waals surface area (Å²) in [7, 11) is 3.60. The minimum absolute atomic E-state index is 0.00927. The Labute approximate surface area is 144 Å². The number of para-hydroxylation sites is 1. The molecular weight excluding hydrogens is 300 g/mol. The summed E-state index contributed by atoms with van der Waals surface area (Å²) < 4.78 is 5.16. The van der Waals surface area contributed by atoms with E-state index in [4.69, 9.17) is 4.74 Å². The predicted molar refractivity (Wildman–Crippen MR) is 98.5 cm³/mol. The number of carbonyl (C=O) groups is 1. The maximum absolute atomic E-state index is 12.4. The number of nitrogens with one attached hydrogen (secondary N) is 1. The summed E-state index contributed by atoms with van der Waals surface area (Å²) in [5, 5.41) is 3.06. The summed E-state index contributed by atoms with van der Waals surface area (Å²) in [6.45, 7) is 5.19. The summed E-state index contributed by atoms with van der Waals surface area (Å²) >= 11 is 0. The number of anilines is 1. The Kier molecular flexibility index (Phi) is 6.38. The van der Waals surface area contributed by atoms with E-state index in [-0.39, 0.29) is 5.91 Å². The lowest BCUT2D eigenvalue weighted by molar-refractivity contribution is -0.117. The Balaban J connectivity index is 1.94. The van der Waals surface area contributed by atoms with E-state index in [2.05, 4.69) is 18.3 Å². The maximum atomic E-state index is 12.4. The van der Waals surface area contributed by atoms with Crippen molar-refractivity contribution in [1.82, 2.24) is 4.90 Å². The number of amides is 1. The molecular formula is C20H26N2O2. The van der Waals surface area contributed by atoms with Crippen molar-refractivity contribution in [2.45, 2.75) is 26.8 Å². The molecule has 0 bridgehead atoms. The molecule has 0 atom stereocenters. The highest BCUT2D eigenvalue weighted by atomic mass is 16.5. The van der Waals surface area contributed by atoms with Crippen molar-refractivity contribution in [2.24, 2.45) is 0 Å². The first kappa shape index (κ1) is 18.0. The quantitative estimate of drug-likeness (QED) is 0.844. The topological polar surface area (TPSA) is 41.6 Å². The fraction of sp³-hybridized carbons (Fsp3) is 0.350. The summed E-state index contributed by atoms with van der Waals surface area (Å²) in [6.07, 6.45) is 0.902. The van der Waals surface area contributed by atoms with Gasteiger partial charge in [0.2, 0.25) is 5.91 Å². The maximum Gasteiger partial charge on any atom is 0.238 e. The van der Waals surface area contributed by atoms with E-state index < -0.39 is 0 Å². The lowest BCUT2D eigenvalue weighted by Crippen LogP contribution is -2.30. The van der Waals surface area contributed by atoms with E-state index in [1.54, 1.807) is 7.11 Å². The zero-order chi connectivity index (χ0) is 17.5. The highest BCUT2D eigenvalue weighted by Crippen LogP contribution is 2.21. The number of nitrogens with zero attached hydrogens (tertiary/aromatic N) is 1. The normalized spacial score (nSPS) is 10.7. The molecule has 0 saturated heterocycles. The van der Waals surface area contributed by atoms with Crippen LogP contribution in [0.1, 0.15) is 23.6 Å². The van der Waals surface area contributed by atoms with Gasteiger partial charge in [-0.2, -0.15) is 0 Å². The second kappa shape index (κ2) is 8.50. The first-order valence-corrected chi connectivity index (χ1v) is 8.23. The molecule has 2 aromatic carbocycles. The molecule has 1 amide bonds. The summed E-state index contributed by atoms with van der Waals surface area (Å²) in [5.74, 6) is 0.848. The second-order valence-electron chi connectivity index (χ2n) is 6.03. The molecule has 24 heavy (non-hydrogen) atoms. The molecule has 0 unspecified atom stereocenters. The van der Waals surface area contributed by atoms with Crippen LogP contribution < -0.4 is 10.1 Å². The fourth-order valence-electron chi connectivity index (χ4n) is 2.72. The number of hydrogen-bond donors (Lipinski definition) is 1. The van der Waals surface area contributed by atoms with E-state index in [0.717, 1.165) is 29.0 Å². The van der Waals surface area contributed by atoms with Crippen molar-refractivity contribution in [3.8, 4) is 5.75 Å². The third-order valence-electron chi connectivity index (χ3n) is 4.03. The fourth-order valence-corrected chi connectivity index (χ4v) is 2.72. The largest absolute Gasteiger partial charge is 0.497 e. The van der Waals surface area contributed by atoms with Crippen LogP contribution in [-0.2, 0) is 17.8 Å². The van der Waals surface area contributed by atoms with Gasteiger partial charge in [-0.1, -0.05) is 37.3 Å². The minimum Gasteiger partial charge on any atom is -0.497 e. The van der Waals surface area contributed by atoms with E-state index in [0.29, 0.717) is 13.1 Å². The van der Waals surface area contributed by atoms with Gasteiger partial charge in [0.05, 0.1) is 13.7 Å². The first-order valence-electron chi connectivity index (χ1n) is 8.23. The molecule has 0 aliphatic heterocycles. The van der Waals surface area contributed by atoms with Gasteiger partial charge in [-0.05, 0) is 49.2 Å². The first-order chi connectivity index (χ1) is 11.5. The number of likely N-dealkylation sites (N-methyl/N-ethyl adjacent to an activating group) is 1. The van der Waals surface area contributed by atoms with Crippen molar-refractivity contribution >= 4 is 11.6 Å². The van der Waals surface area contributed by atoms with Gasteiger partial charge in [-0.25, -0.2) is 0 Å². The van der Waals surface area contributed by atoms with Crippen LogP contribution in [-0.4, -0.2) is 31.5 Å². The average molecular weight is 326 g/mol. The van der Waals surface area contributed by atoms with Crippen LogP contribution in [0.15, 0.2) is 42.5 Å². The lowest BCUT2D eigenvalue weighted by Gasteiger charge is -2.18. The van der Waals surface area contributed by atoms with E-state index in [9.17, 15) is 4.79 Å². The van der Waals surface area contributed by atoms with Crippen LogP contribution in [0.25, 0.3) is 0 Å².